The summed E-state index contributed by atoms with van der Waals surface area (Å²) in [5, 5.41) is 3.26. The lowest BCUT2D eigenvalue weighted by molar-refractivity contribution is 0.580. The Kier molecular flexibility index (Phi) is 5.78. The minimum atomic E-state index is -3.43. The number of nitrogens with one attached hydrogen (secondary N) is 2. The molecule has 0 radical (unpaired) electrons. The molecule has 1 aromatic carbocycles. The highest BCUT2D eigenvalue weighted by molar-refractivity contribution is 9.10. The van der Waals surface area contributed by atoms with Crippen LogP contribution in [0.2, 0.25) is 0 Å². The molecule has 0 aliphatic carbocycles. The van der Waals surface area contributed by atoms with E-state index in [1.54, 1.807) is 19.1 Å². The predicted molar refractivity (Wildman–Crippen MR) is 77.0 cm³/mol. The Labute approximate surface area is 117 Å². The van der Waals surface area contributed by atoms with Crippen LogP contribution >= 0.6 is 15.9 Å². The van der Waals surface area contributed by atoms with Crippen molar-refractivity contribution in [2.45, 2.75) is 38.3 Å². The van der Waals surface area contributed by atoms with Crippen molar-refractivity contribution in [2.75, 3.05) is 6.54 Å². The lowest BCUT2D eigenvalue weighted by atomic mass is 10.2. The van der Waals surface area contributed by atoms with Crippen LogP contribution in [0.3, 0.4) is 0 Å². The van der Waals surface area contributed by atoms with Gasteiger partial charge < -0.3 is 5.32 Å². The fourth-order valence-electron chi connectivity index (χ4n) is 1.45. The van der Waals surface area contributed by atoms with Crippen LogP contribution in [-0.4, -0.2) is 21.0 Å². The molecule has 1 rings (SSSR count). The van der Waals surface area contributed by atoms with E-state index in [0.29, 0.717) is 23.6 Å². The van der Waals surface area contributed by atoms with Gasteiger partial charge in [-0.2, -0.15) is 0 Å². The van der Waals surface area contributed by atoms with Gasteiger partial charge in [0.1, 0.15) is 0 Å². The predicted octanol–water partition coefficient (Wildman–Crippen LogP) is 2.25. The van der Waals surface area contributed by atoms with Gasteiger partial charge in [-0.1, -0.05) is 26.8 Å². The highest BCUT2D eigenvalue weighted by Crippen LogP contribution is 2.23. The third-order valence-electron chi connectivity index (χ3n) is 2.33. The highest BCUT2D eigenvalue weighted by Gasteiger charge is 2.16. The number of hydrogen-bond acceptors (Lipinski definition) is 3. The molecule has 0 atom stereocenters. The summed E-state index contributed by atoms with van der Waals surface area (Å²) in [5.74, 6) is 0. The first-order valence-corrected chi connectivity index (χ1v) is 8.16. The number of benzene rings is 1. The molecule has 0 aliphatic heterocycles. The summed E-state index contributed by atoms with van der Waals surface area (Å²) in [6, 6.07) is 5.73. The van der Waals surface area contributed by atoms with Gasteiger partial charge in [0.05, 0.1) is 4.90 Å². The topological polar surface area (TPSA) is 58.2 Å². The molecule has 0 heterocycles. The summed E-state index contributed by atoms with van der Waals surface area (Å²) in [6.45, 7) is 6.89. The summed E-state index contributed by atoms with van der Waals surface area (Å²) in [6.07, 6.45) is 0. The second kappa shape index (κ2) is 6.65. The summed E-state index contributed by atoms with van der Waals surface area (Å²) < 4.78 is 27.0. The van der Waals surface area contributed by atoms with Crippen LogP contribution in [0.5, 0.6) is 0 Å². The van der Waals surface area contributed by atoms with Crippen molar-refractivity contribution in [2.24, 2.45) is 0 Å². The number of sulfonamides is 1. The van der Waals surface area contributed by atoms with Crippen LogP contribution < -0.4 is 10.0 Å². The molecule has 0 bridgehead atoms. The van der Waals surface area contributed by atoms with Crippen LogP contribution in [0.15, 0.2) is 27.6 Å². The third kappa shape index (κ3) is 4.35. The number of rotatable bonds is 6. The van der Waals surface area contributed by atoms with Gasteiger partial charge in [-0.25, -0.2) is 13.1 Å². The Balaban J connectivity index is 3.01. The average Bonchev–Trinajstić information content (AvgIpc) is 2.27. The van der Waals surface area contributed by atoms with E-state index in [0.717, 1.165) is 5.56 Å². The fourth-order valence-corrected chi connectivity index (χ4v) is 3.51. The van der Waals surface area contributed by atoms with Gasteiger partial charge in [-0.3, -0.25) is 0 Å². The average molecular weight is 335 g/mol. The normalized spacial score (nSPS) is 12.1. The zero-order valence-corrected chi connectivity index (χ0v) is 13.2. The molecule has 0 aliphatic rings. The molecule has 18 heavy (non-hydrogen) atoms. The van der Waals surface area contributed by atoms with E-state index < -0.39 is 10.0 Å². The molecule has 2 N–H and O–H groups in total. The Morgan fingerprint density at radius 3 is 2.56 bits per heavy atom. The maximum absolute atomic E-state index is 12.0. The van der Waals surface area contributed by atoms with Gasteiger partial charge in [-0.15, -0.1) is 0 Å². The molecule has 0 spiro atoms. The third-order valence-corrected chi connectivity index (χ3v) is 4.87. The lowest BCUT2D eigenvalue weighted by Gasteiger charge is -2.11. The Bertz CT molecular complexity index is 501. The molecular formula is C12H19BrN2O2S. The molecule has 0 aromatic heterocycles. The van der Waals surface area contributed by atoms with Gasteiger partial charge in [0.25, 0.3) is 0 Å². The first-order chi connectivity index (χ1) is 8.36. The van der Waals surface area contributed by atoms with Crippen LogP contribution in [-0.2, 0) is 16.6 Å². The molecule has 0 amide bonds. The second-order valence-electron chi connectivity index (χ2n) is 4.30. The SMILES string of the molecule is CCNS(=O)(=O)c1cc(CNC(C)C)ccc1Br. The van der Waals surface area contributed by atoms with Crippen LogP contribution in [0.25, 0.3) is 0 Å². The molecule has 4 nitrogen and oxygen atoms in total. The van der Waals surface area contributed by atoms with Crippen molar-refractivity contribution >= 4 is 26.0 Å². The van der Waals surface area contributed by atoms with Crippen LogP contribution in [0.1, 0.15) is 26.3 Å². The highest BCUT2D eigenvalue weighted by atomic mass is 79.9. The van der Waals surface area contributed by atoms with Crippen molar-refractivity contribution in [1.82, 2.24) is 10.0 Å². The van der Waals surface area contributed by atoms with E-state index in [9.17, 15) is 8.42 Å². The molecule has 102 valence electrons. The zero-order valence-electron chi connectivity index (χ0n) is 10.8. The maximum atomic E-state index is 12.0. The van der Waals surface area contributed by atoms with E-state index >= 15 is 0 Å². The maximum Gasteiger partial charge on any atom is 0.241 e. The molecule has 0 unspecified atom stereocenters. The summed E-state index contributed by atoms with van der Waals surface area (Å²) in [4.78, 5) is 0.285. The monoisotopic (exact) mass is 334 g/mol. The Morgan fingerprint density at radius 2 is 2.00 bits per heavy atom. The van der Waals surface area contributed by atoms with Crippen LogP contribution in [0.4, 0.5) is 0 Å². The quantitative estimate of drug-likeness (QED) is 0.838. The van der Waals surface area contributed by atoms with Gasteiger partial charge in [-0.05, 0) is 33.6 Å². The number of halogens is 1. The largest absolute Gasteiger partial charge is 0.310 e. The molecule has 0 fully saturated rings. The van der Waals surface area contributed by atoms with Crippen molar-refractivity contribution in [3.8, 4) is 0 Å². The first-order valence-electron chi connectivity index (χ1n) is 5.88. The smallest absolute Gasteiger partial charge is 0.241 e. The van der Waals surface area contributed by atoms with Gasteiger partial charge in [0.2, 0.25) is 10.0 Å². The molecule has 0 saturated carbocycles. The number of hydrogen-bond donors (Lipinski definition) is 2. The minimum absolute atomic E-state index is 0.285. The Morgan fingerprint density at radius 1 is 1.33 bits per heavy atom. The first kappa shape index (κ1) is 15.6. The standard InChI is InChI=1S/C12H19BrN2O2S/c1-4-15-18(16,17)12-7-10(5-6-11(12)13)8-14-9(2)3/h5-7,9,14-15H,4,8H2,1-3H3. The van der Waals surface area contributed by atoms with Gasteiger partial charge in [0, 0.05) is 23.6 Å². The van der Waals surface area contributed by atoms with Gasteiger partial charge >= 0.3 is 0 Å². The van der Waals surface area contributed by atoms with Crippen molar-refractivity contribution in [3.63, 3.8) is 0 Å². The van der Waals surface area contributed by atoms with Crippen molar-refractivity contribution in [3.05, 3.63) is 28.2 Å². The summed E-state index contributed by atoms with van der Waals surface area (Å²) in [5.41, 5.74) is 0.948. The molecule has 1 aromatic rings. The molecular weight excluding hydrogens is 316 g/mol. The zero-order chi connectivity index (χ0) is 13.8. The second-order valence-corrected chi connectivity index (χ2v) is 6.89. The van der Waals surface area contributed by atoms with Gasteiger partial charge in [0.15, 0.2) is 0 Å². The van der Waals surface area contributed by atoms with E-state index in [1.807, 2.05) is 6.07 Å². The van der Waals surface area contributed by atoms with Crippen molar-refractivity contribution in [1.29, 1.82) is 0 Å². The minimum Gasteiger partial charge on any atom is -0.310 e. The molecule has 6 heteroatoms. The van der Waals surface area contributed by atoms with E-state index in [4.69, 9.17) is 0 Å². The fraction of sp³-hybridized carbons (Fsp3) is 0.500. The Hall–Kier alpha value is -0.430. The van der Waals surface area contributed by atoms with E-state index in [2.05, 4.69) is 39.8 Å². The van der Waals surface area contributed by atoms with Crippen LogP contribution in [0, 0.1) is 0 Å². The van der Waals surface area contributed by atoms with Crippen molar-refractivity contribution < 1.29 is 8.42 Å². The van der Waals surface area contributed by atoms with E-state index in [1.165, 1.54) is 0 Å². The van der Waals surface area contributed by atoms with E-state index in [-0.39, 0.29) is 4.90 Å². The summed E-state index contributed by atoms with van der Waals surface area (Å²) >= 11 is 3.28. The summed E-state index contributed by atoms with van der Waals surface area (Å²) in [7, 11) is -3.43. The molecule has 0 saturated heterocycles. The lowest BCUT2D eigenvalue weighted by Crippen LogP contribution is -2.24.